The minimum absolute atomic E-state index is 0.0565. The van der Waals surface area contributed by atoms with Crippen LogP contribution in [0.4, 0.5) is 5.69 Å². The van der Waals surface area contributed by atoms with Crippen LogP contribution in [-0.2, 0) is 26.2 Å². The lowest BCUT2D eigenvalue weighted by Gasteiger charge is -2.30. The molecular weight excluding hydrogens is 478 g/mol. The van der Waals surface area contributed by atoms with E-state index < -0.39 is 16.1 Å². The molecule has 0 aliphatic heterocycles. The molecule has 36 heavy (non-hydrogen) atoms. The van der Waals surface area contributed by atoms with Crippen LogP contribution in [0.25, 0.3) is 0 Å². The highest BCUT2D eigenvalue weighted by atomic mass is 32.2. The first-order valence-corrected chi connectivity index (χ1v) is 14.0. The Kier molecular flexibility index (Phi) is 10.3. The number of aryl methyl sites for hydroxylation is 2. The highest BCUT2D eigenvalue weighted by Gasteiger charge is 2.27. The van der Waals surface area contributed by atoms with E-state index in [1.165, 1.54) is 10.6 Å². The summed E-state index contributed by atoms with van der Waals surface area (Å²) in [6.07, 6.45) is 1.59. The van der Waals surface area contributed by atoms with Gasteiger partial charge in [-0.1, -0.05) is 18.2 Å². The number of benzene rings is 2. The highest BCUT2D eigenvalue weighted by Crippen LogP contribution is 2.22. The molecule has 1 N–H and O–H groups in total. The van der Waals surface area contributed by atoms with E-state index >= 15 is 0 Å². The second-order valence-electron chi connectivity index (χ2n) is 9.49. The maximum atomic E-state index is 13.3. The SMILES string of the molecule is COc1ccc(CN(C(=O)CCCN(c2cc(C)cc(C)c2)S(C)(=O)=O)[C@@H](C)C(=O)NC(C)C)cc1. The molecule has 2 aromatic carbocycles. The van der Waals surface area contributed by atoms with E-state index in [9.17, 15) is 18.0 Å². The average molecular weight is 518 g/mol. The maximum Gasteiger partial charge on any atom is 0.242 e. The summed E-state index contributed by atoms with van der Waals surface area (Å²) in [4.78, 5) is 27.6. The second kappa shape index (κ2) is 12.8. The normalized spacial score (nSPS) is 12.2. The van der Waals surface area contributed by atoms with Gasteiger partial charge in [0.25, 0.3) is 0 Å². The van der Waals surface area contributed by atoms with E-state index in [1.54, 1.807) is 18.9 Å². The van der Waals surface area contributed by atoms with Crippen molar-refractivity contribution in [3.63, 3.8) is 0 Å². The van der Waals surface area contributed by atoms with E-state index in [1.807, 2.05) is 70.2 Å². The largest absolute Gasteiger partial charge is 0.497 e. The van der Waals surface area contributed by atoms with Crippen LogP contribution in [0.15, 0.2) is 42.5 Å². The number of carbonyl (C=O) groups is 2. The van der Waals surface area contributed by atoms with E-state index in [2.05, 4.69) is 5.32 Å². The summed E-state index contributed by atoms with van der Waals surface area (Å²) in [5.41, 5.74) is 3.37. The number of methoxy groups -OCH3 is 1. The smallest absolute Gasteiger partial charge is 0.242 e. The third-order valence-electron chi connectivity index (χ3n) is 5.76. The lowest BCUT2D eigenvalue weighted by Crippen LogP contribution is -2.49. The lowest BCUT2D eigenvalue weighted by molar-refractivity contribution is -0.140. The molecule has 0 radical (unpaired) electrons. The van der Waals surface area contributed by atoms with Crippen molar-refractivity contribution in [2.24, 2.45) is 0 Å². The number of sulfonamides is 1. The van der Waals surface area contributed by atoms with E-state index in [0.717, 1.165) is 16.7 Å². The molecule has 1 atom stereocenters. The quantitative estimate of drug-likeness (QED) is 0.462. The zero-order valence-electron chi connectivity index (χ0n) is 22.4. The first kappa shape index (κ1) is 29.2. The molecule has 0 saturated heterocycles. The molecule has 0 unspecified atom stereocenters. The van der Waals surface area contributed by atoms with Crippen LogP contribution in [0, 0.1) is 13.8 Å². The van der Waals surface area contributed by atoms with Gasteiger partial charge in [-0.3, -0.25) is 13.9 Å². The number of carbonyl (C=O) groups excluding carboxylic acids is 2. The van der Waals surface area contributed by atoms with E-state index in [4.69, 9.17) is 4.74 Å². The fourth-order valence-electron chi connectivity index (χ4n) is 4.01. The minimum Gasteiger partial charge on any atom is -0.497 e. The van der Waals surface area contributed by atoms with Gasteiger partial charge in [0.1, 0.15) is 11.8 Å². The molecule has 8 nitrogen and oxygen atoms in total. The van der Waals surface area contributed by atoms with Crippen LogP contribution in [0.1, 0.15) is 50.3 Å². The number of anilines is 1. The van der Waals surface area contributed by atoms with Crippen molar-refractivity contribution in [3.8, 4) is 5.75 Å². The topological polar surface area (TPSA) is 96.0 Å². The van der Waals surface area contributed by atoms with Gasteiger partial charge < -0.3 is 15.0 Å². The summed E-state index contributed by atoms with van der Waals surface area (Å²) in [5, 5.41) is 2.87. The number of nitrogens with one attached hydrogen (secondary N) is 1. The molecule has 0 aromatic heterocycles. The zero-order chi connectivity index (χ0) is 27.0. The molecular formula is C27H39N3O5S. The number of hydrogen-bond acceptors (Lipinski definition) is 5. The Bertz CT molecular complexity index is 1130. The average Bonchev–Trinajstić information content (AvgIpc) is 2.78. The van der Waals surface area contributed by atoms with Crippen LogP contribution < -0.4 is 14.4 Å². The molecule has 2 amide bonds. The van der Waals surface area contributed by atoms with Crippen molar-refractivity contribution in [1.82, 2.24) is 10.2 Å². The molecule has 9 heteroatoms. The summed E-state index contributed by atoms with van der Waals surface area (Å²) >= 11 is 0. The molecule has 0 aliphatic rings. The summed E-state index contributed by atoms with van der Waals surface area (Å²) in [6, 6.07) is 12.2. The molecule has 0 fully saturated rings. The van der Waals surface area contributed by atoms with Crippen LogP contribution in [0.3, 0.4) is 0 Å². The predicted molar refractivity (Wildman–Crippen MR) is 144 cm³/mol. The molecule has 198 valence electrons. The summed E-state index contributed by atoms with van der Waals surface area (Å²) in [7, 11) is -1.95. The zero-order valence-corrected chi connectivity index (χ0v) is 23.2. The van der Waals surface area contributed by atoms with Crippen LogP contribution in [0.2, 0.25) is 0 Å². The van der Waals surface area contributed by atoms with Gasteiger partial charge in [-0.05, 0) is 82.0 Å². The van der Waals surface area contributed by atoms with Crippen molar-refractivity contribution in [1.29, 1.82) is 0 Å². The summed E-state index contributed by atoms with van der Waals surface area (Å²) < 4.78 is 31.6. The number of amides is 2. The Morgan fingerprint density at radius 1 is 1.00 bits per heavy atom. The molecule has 0 heterocycles. The summed E-state index contributed by atoms with van der Waals surface area (Å²) in [6.45, 7) is 9.69. The Morgan fingerprint density at radius 3 is 2.08 bits per heavy atom. The van der Waals surface area contributed by atoms with E-state index in [-0.39, 0.29) is 37.4 Å². The molecule has 2 aromatic rings. The van der Waals surface area contributed by atoms with Crippen LogP contribution >= 0.6 is 0 Å². The Hall–Kier alpha value is -3.07. The summed E-state index contributed by atoms with van der Waals surface area (Å²) in [5.74, 6) is 0.250. The second-order valence-corrected chi connectivity index (χ2v) is 11.4. The van der Waals surface area contributed by atoms with Crippen molar-refractivity contribution >= 4 is 27.5 Å². The van der Waals surface area contributed by atoms with Gasteiger partial charge in [0.05, 0.1) is 19.1 Å². The highest BCUT2D eigenvalue weighted by molar-refractivity contribution is 7.92. The fraction of sp³-hybridized carbons (Fsp3) is 0.481. The third-order valence-corrected chi connectivity index (χ3v) is 6.95. The van der Waals surface area contributed by atoms with Crippen LogP contribution in [-0.4, -0.2) is 57.1 Å². The molecule has 2 rings (SSSR count). The fourth-order valence-corrected chi connectivity index (χ4v) is 4.96. The molecule has 0 spiro atoms. The molecule has 0 bridgehead atoms. The lowest BCUT2D eigenvalue weighted by atomic mass is 10.1. The Labute approximate surface area is 215 Å². The van der Waals surface area contributed by atoms with Crippen molar-refractivity contribution < 1.29 is 22.7 Å². The molecule has 0 aliphatic carbocycles. The van der Waals surface area contributed by atoms with Gasteiger partial charge >= 0.3 is 0 Å². The van der Waals surface area contributed by atoms with Crippen LogP contribution in [0.5, 0.6) is 5.75 Å². The first-order valence-electron chi connectivity index (χ1n) is 12.1. The van der Waals surface area contributed by atoms with Crippen molar-refractivity contribution in [3.05, 3.63) is 59.2 Å². The Balaban J connectivity index is 2.19. The van der Waals surface area contributed by atoms with E-state index in [0.29, 0.717) is 17.9 Å². The standard InChI is InChI=1S/C27H39N3O5S/c1-19(2)28-27(32)22(5)29(18-23-10-12-25(35-6)13-11-23)26(31)9-8-14-30(36(7,33)34)24-16-20(3)15-21(4)17-24/h10-13,15-17,19,22H,8-9,14,18H2,1-7H3,(H,28,32)/t22-/m0/s1. The number of ether oxygens (including phenoxy) is 1. The van der Waals surface area contributed by atoms with Gasteiger partial charge in [0, 0.05) is 25.6 Å². The first-order chi connectivity index (χ1) is 16.8. The number of hydrogen-bond donors (Lipinski definition) is 1. The monoisotopic (exact) mass is 517 g/mol. The van der Waals surface area contributed by atoms with Crippen molar-refractivity contribution in [2.45, 2.75) is 66.1 Å². The van der Waals surface area contributed by atoms with Gasteiger partial charge in [-0.15, -0.1) is 0 Å². The number of rotatable bonds is 12. The Morgan fingerprint density at radius 2 is 1.58 bits per heavy atom. The van der Waals surface area contributed by atoms with Gasteiger partial charge in [-0.2, -0.15) is 0 Å². The molecule has 0 saturated carbocycles. The number of nitrogens with zero attached hydrogens (tertiary/aromatic N) is 2. The maximum absolute atomic E-state index is 13.3. The van der Waals surface area contributed by atoms with Gasteiger partial charge in [-0.25, -0.2) is 8.42 Å². The van der Waals surface area contributed by atoms with Gasteiger partial charge in [0.2, 0.25) is 21.8 Å². The minimum atomic E-state index is -3.54. The van der Waals surface area contributed by atoms with Crippen molar-refractivity contribution in [2.75, 3.05) is 24.2 Å². The predicted octanol–water partition coefficient (Wildman–Crippen LogP) is 3.80. The van der Waals surface area contributed by atoms with Gasteiger partial charge in [0.15, 0.2) is 0 Å². The third kappa shape index (κ3) is 8.55.